The van der Waals surface area contributed by atoms with Crippen LogP contribution in [0.3, 0.4) is 0 Å². The number of para-hydroxylation sites is 5. The van der Waals surface area contributed by atoms with Crippen molar-refractivity contribution in [3.05, 3.63) is 373 Å². The normalized spacial score (nSPS) is 17.2. The molecule has 13 aromatic rings. The van der Waals surface area contributed by atoms with Crippen LogP contribution < -0.4 is 47.4 Å². The first-order valence-corrected chi connectivity index (χ1v) is 51.9. The molecule has 5 aliphatic heterocycles. The zero-order chi connectivity index (χ0) is 101. The fourth-order valence-corrected chi connectivity index (χ4v) is 23.1. The summed E-state index contributed by atoms with van der Waals surface area (Å²) in [5, 5.41) is 0. The molecule has 0 unspecified atom stereocenters. The zero-order valence-electron chi connectivity index (χ0n) is 88.8. The molecule has 13 aromatic carbocycles. The van der Waals surface area contributed by atoms with Gasteiger partial charge in [-0.3, -0.25) is 0 Å². The van der Waals surface area contributed by atoms with E-state index in [-0.39, 0.29) is 10.8 Å². The predicted molar refractivity (Wildman–Crippen MR) is 585 cm³/mol. The fourth-order valence-electron chi connectivity index (χ4n) is 23.1. The third-order valence-electron chi connectivity index (χ3n) is 31.0. The van der Waals surface area contributed by atoms with Crippen molar-refractivity contribution in [2.45, 2.75) is 214 Å². The summed E-state index contributed by atoms with van der Waals surface area (Å²) in [6.07, 6.45) is 20.4. The van der Waals surface area contributed by atoms with Crippen molar-refractivity contribution in [3.8, 4) is 57.5 Å². The summed E-state index contributed by atoms with van der Waals surface area (Å²) in [5.41, 5.74) is 27.3. The summed E-state index contributed by atoms with van der Waals surface area (Å²) in [6, 6.07) is 95.7. The lowest BCUT2D eigenvalue weighted by molar-refractivity contribution is -0.477. The van der Waals surface area contributed by atoms with Gasteiger partial charge in [0.15, 0.2) is 31.1 Å². The first-order valence-electron chi connectivity index (χ1n) is 51.9. The summed E-state index contributed by atoms with van der Waals surface area (Å²) in [4.78, 5) is 0. The molecule has 0 saturated heterocycles. The van der Waals surface area contributed by atoms with Gasteiger partial charge in [0.2, 0.25) is 28.4 Å². The van der Waals surface area contributed by atoms with E-state index < -0.39 is 5.41 Å². The SMILES string of the molecule is CCC(C)(C)c1cc(OC)cc2c1OC[N+](c1ccccc1C(C)C)=C2.COc1cc(C)c2c(c1)C=[N+](c1ccccc1C(C)C)CO2.COc1cc2c(c(C(C)(C)c3ccccc3)c1)OC[N+](c1ccccc1C(C)C)=C2.COc1cc2c(c(C(C)(c3ccccc3)c3ccccc3)c1)OC[N+](c1ccccc1C(C)C)=C2.COc1cc2c(c(C34CC5CC(CC(C5)C3)C4)c1)OC[N+](c1ccccc1C(C)C)=C2. The van der Waals surface area contributed by atoms with Gasteiger partial charge >= 0.3 is 0 Å². The maximum Gasteiger partial charge on any atom is 0.292 e. The third-order valence-corrected chi connectivity index (χ3v) is 31.0. The average Bonchev–Trinajstić information content (AvgIpc) is 0.715. The number of fused-ring (bicyclic) bond motifs is 5. The largest absolute Gasteiger partial charge is 0.497 e. The van der Waals surface area contributed by atoms with Crippen LogP contribution in [-0.4, -0.2) is 123 Å². The Kier molecular flexibility index (Phi) is 30.9. The van der Waals surface area contributed by atoms with E-state index in [1.54, 1.807) is 35.5 Å². The van der Waals surface area contributed by atoms with E-state index in [1.165, 1.54) is 123 Å². The van der Waals surface area contributed by atoms with Gasteiger partial charge in [0, 0.05) is 91.2 Å². The Morgan fingerprint density at radius 2 is 0.556 bits per heavy atom. The molecule has 4 saturated carbocycles. The summed E-state index contributed by atoms with van der Waals surface area (Å²) in [7, 11) is 8.65. The smallest absolute Gasteiger partial charge is 0.292 e. The van der Waals surface area contributed by atoms with Crippen LogP contribution in [-0.2, 0) is 21.7 Å². The monoisotopic (exact) mass is 1930 g/mol. The lowest BCUT2D eigenvalue weighted by Crippen LogP contribution is -2.48. The van der Waals surface area contributed by atoms with Crippen LogP contribution in [0, 0.1) is 24.7 Å². The minimum Gasteiger partial charge on any atom is -0.497 e. The Balaban J connectivity index is 0.000000124. The van der Waals surface area contributed by atoms with E-state index >= 15 is 0 Å². The highest BCUT2D eigenvalue weighted by Gasteiger charge is 2.54. The maximum atomic E-state index is 6.58. The first-order chi connectivity index (χ1) is 69.4. The van der Waals surface area contributed by atoms with Crippen molar-refractivity contribution in [1.82, 2.24) is 0 Å². The minimum absolute atomic E-state index is 0.0322. The number of benzene rings is 13. The highest BCUT2D eigenvalue weighted by Crippen LogP contribution is 2.63. The summed E-state index contributed by atoms with van der Waals surface area (Å²) >= 11 is 0. The minimum atomic E-state index is -0.424. The third kappa shape index (κ3) is 21.3. The van der Waals surface area contributed by atoms with Crippen LogP contribution in [0.2, 0.25) is 0 Å². The van der Waals surface area contributed by atoms with Crippen molar-refractivity contribution >= 4 is 59.5 Å². The van der Waals surface area contributed by atoms with Gasteiger partial charge in [-0.05, 0) is 200 Å². The van der Waals surface area contributed by atoms with Crippen molar-refractivity contribution in [2.75, 3.05) is 69.2 Å². The summed E-state index contributed by atoms with van der Waals surface area (Å²) < 4.78 is 71.0. The van der Waals surface area contributed by atoms with Crippen LogP contribution in [0.5, 0.6) is 57.5 Å². The standard InChI is InChI=1S/C32H32NO2.C28H34NO2.C27H30NO2.C23H30NO2.C19H22NO2/c1-23(2)28-17-11-12-18-30(28)33-21-24-19-27(34-4)20-29(31(24)35-22-33)32(3,25-13-7-5-8-14-25)26-15-9-6-10-16-26;1-18(2)24-6-4-5-7-26(24)29-16-22-11-23(30-3)12-25(27(22)31-17-29)28-13-19-8-20(14-28)10-21(9-19)15-28;1-19(2)23-13-9-10-14-25(23)28-17-20-15-22(29-5)16-24(26(20)30-18-28)27(3,4)21-11-7-6-8-12-21;1-7-23(4,5)20-13-18(25-6)12-17-14-24(15-26-22(17)20)21-11-9-8-10-19(21)16(2)3;1-13(2)17-7-5-6-8-18(17)20-11-15-10-16(21-4)9-14(3)19(15)22-12-20/h5-21,23H,22H2,1-4H3;4-7,11-12,16,18-21H,8-10,13-15,17H2,1-3H3;6-17,19H,18H2,1-5H3;8-14,16H,7,15H2,1-6H3;5-11,13H,12H2,1-4H3/q5*+1. The van der Waals surface area contributed by atoms with Gasteiger partial charge in [-0.2, -0.15) is 22.9 Å². The maximum absolute atomic E-state index is 6.58. The van der Waals surface area contributed by atoms with Crippen molar-refractivity contribution in [3.63, 3.8) is 0 Å². The second-order valence-corrected chi connectivity index (χ2v) is 42.9. The van der Waals surface area contributed by atoms with Gasteiger partial charge in [-0.25, -0.2) is 0 Å². The number of methoxy groups -OCH3 is 5. The van der Waals surface area contributed by atoms with E-state index in [2.05, 4.69) is 426 Å². The molecule has 0 radical (unpaired) electrons. The molecule has 4 aliphatic carbocycles. The summed E-state index contributed by atoms with van der Waals surface area (Å²) in [6.45, 7) is 40.4. The molecular formula is C129H148N5O10+5. The molecule has 144 heavy (non-hydrogen) atoms. The van der Waals surface area contributed by atoms with E-state index in [0.717, 1.165) is 126 Å². The van der Waals surface area contributed by atoms with E-state index in [1.807, 2.05) is 19.1 Å². The van der Waals surface area contributed by atoms with E-state index in [4.69, 9.17) is 47.4 Å². The van der Waals surface area contributed by atoms with Gasteiger partial charge in [0.25, 0.3) is 33.7 Å². The molecule has 15 heteroatoms. The highest BCUT2D eigenvalue weighted by atomic mass is 16.5. The van der Waals surface area contributed by atoms with Crippen LogP contribution in [0.4, 0.5) is 28.4 Å². The van der Waals surface area contributed by atoms with Crippen molar-refractivity contribution in [1.29, 1.82) is 0 Å². The van der Waals surface area contributed by atoms with Gasteiger partial charge < -0.3 is 47.4 Å². The average molecular weight is 1930 g/mol. The Hall–Kier alpha value is -13.8. The molecule has 0 aromatic heterocycles. The molecule has 15 nitrogen and oxygen atoms in total. The number of rotatable bonds is 23. The van der Waals surface area contributed by atoms with E-state index in [0.29, 0.717) is 68.7 Å². The van der Waals surface area contributed by atoms with Crippen molar-refractivity contribution < 1.29 is 70.2 Å². The van der Waals surface area contributed by atoms with Gasteiger partial charge in [-0.1, -0.05) is 286 Å². The molecule has 0 N–H and O–H groups in total. The molecule has 744 valence electrons. The lowest BCUT2D eigenvalue weighted by atomic mass is 9.48. The fraction of sp³-hybridized carbons (Fsp3) is 0.357. The van der Waals surface area contributed by atoms with Crippen LogP contribution in [0.1, 0.15) is 285 Å². The number of hydrogen-bond acceptors (Lipinski definition) is 10. The topological polar surface area (TPSA) is 107 Å². The van der Waals surface area contributed by atoms with Crippen LogP contribution >= 0.6 is 0 Å². The molecule has 4 fully saturated rings. The Morgan fingerprint density at radius 3 is 0.882 bits per heavy atom. The van der Waals surface area contributed by atoms with Gasteiger partial charge in [-0.15, -0.1) is 0 Å². The lowest BCUT2D eigenvalue weighted by Gasteiger charge is -2.57. The van der Waals surface area contributed by atoms with Crippen LogP contribution in [0.15, 0.2) is 273 Å². The van der Waals surface area contributed by atoms with Crippen LogP contribution in [0.25, 0.3) is 0 Å². The second-order valence-electron chi connectivity index (χ2n) is 42.9. The van der Waals surface area contributed by atoms with Gasteiger partial charge in [0.05, 0.1) is 63.4 Å². The molecule has 22 rings (SSSR count). The highest BCUT2D eigenvalue weighted by molar-refractivity contribution is 5.88. The molecular weight excluding hydrogens is 1780 g/mol. The second kappa shape index (κ2) is 43.8. The first kappa shape index (κ1) is 102. The molecule has 0 spiro atoms. The molecule has 4 bridgehead atoms. The van der Waals surface area contributed by atoms with Gasteiger partial charge in [0.1, 0.15) is 57.5 Å². The Morgan fingerprint density at radius 1 is 0.299 bits per heavy atom. The number of hydrogen-bond donors (Lipinski definition) is 0. The molecule has 0 amide bonds. The Labute approximate surface area is 855 Å². The molecule has 0 atom stereocenters. The zero-order valence-corrected chi connectivity index (χ0v) is 88.8. The summed E-state index contributed by atoms with van der Waals surface area (Å²) in [5.74, 6) is 14.2. The molecule has 5 heterocycles. The van der Waals surface area contributed by atoms with Crippen molar-refractivity contribution in [2.24, 2.45) is 17.8 Å². The predicted octanol–water partition coefficient (Wildman–Crippen LogP) is 29.8. The van der Waals surface area contributed by atoms with E-state index in [9.17, 15) is 0 Å². The quantitative estimate of drug-likeness (QED) is 0.0454. The molecule has 9 aliphatic rings. The number of aryl methyl sites for hydroxylation is 1. The Bertz CT molecular complexity index is 6880. The number of ether oxygens (including phenoxy) is 10. The number of nitrogens with zero attached hydrogens (tertiary/aromatic N) is 5.